The molecule has 0 aromatic carbocycles. The summed E-state index contributed by atoms with van der Waals surface area (Å²) in [5.74, 6) is 0. The van der Waals surface area contributed by atoms with Gasteiger partial charge in [0, 0.05) is 0 Å². The van der Waals surface area contributed by atoms with Gasteiger partial charge >= 0.3 is 88.4 Å². The van der Waals surface area contributed by atoms with Gasteiger partial charge in [-0.2, -0.15) is 0 Å². The van der Waals surface area contributed by atoms with E-state index in [1.165, 1.54) is 0 Å². The number of aryl methyl sites for hydroxylation is 1. The van der Waals surface area contributed by atoms with E-state index in [0.717, 1.165) is 23.1 Å². The standard InChI is InChI=1S/C8H13N3O2Se/c1-3-4-5-13-8(12)9-7-6(2)10-11-14-7/h3-5H2,1-2H3,(H,9,12). The molecule has 0 saturated carbocycles. The number of aromatic nitrogens is 2. The number of hydrogen-bond donors (Lipinski definition) is 1. The second-order valence-electron chi connectivity index (χ2n) is 2.80. The van der Waals surface area contributed by atoms with Gasteiger partial charge in [0.25, 0.3) is 0 Å². The van der Waals surface area contributed by atoms with E-state index in [4.69, 9.17) is 4.74 Å². The van der Waals surface area contributed by atoms with Gasteiger partial charge in [0.15, 0.2) is 0 Å². The fraction of sp³-hybridized carbons (Fsp3) is 0.625. The first-order valence-corrected chi connectivity index (χ1v) is 6.09. The van der Waals surface area contributed by atoms with E-state index in [0.29, 0.717) is 6.61 Å². The summed E-state index contributed by atoms with van der Waals surface area (Å²) in [5, 5.41) is 6.48. The molecule has 0 saturated heterocycles. The molecule has 0 bridgehead atoms. The molecule has 0 unspecified atom stereocenters. The Morgan fingerprint density at radius 2 is 2.43 bits per heavy atom. The molecule has 1 amide bonds. The fourth-order valence-electron chi connectivity index (χ4n) is 0.785. The Balaban J connectivity index is 2.31. The molecule has 0 atom stereocenters. The van der Waals surface area contributed by atoms with E-state index in [1.54, 1.807) is 0 Å². The number of rotatable bonds is 4. The molecule has 0 aliphatic rings. The molecular weight excluding hydrogens is 249 g/mol. The minimum absolute atomic E-state index is 0.0894. The Kier molecular flexibility index (Phi) is 4.62. The zero-order valence-corrected chi connectivity index (χ0v) is 9.95. The summed E-state index contributed by atoms with van der Waals surface area (Å²) in [7, 11) is 0. The third-order valence-electron chi connectivity index (χ3n) is 1.60. The third-order valence-corrected chi connectivity index (χ3v) is 3.16. The zero-order chi connectivity index (χ0) is 10.4. The van der Waals surface area contributed by atoms with Gasteiger partial charge in [-0.3, -0.25) is 0 Å². The van der Waals surface area contributed by atoms with Crippen molar-refractivity contribution in [1.82, 2.24) is 9.19 Å². The maximum atomic E-state index is 11.2. The van der Waals surface area contributed by atoms with Gasteiger partial charge in [0.1, 0.15) is 0 Å². The number of carbonyl (C=O) groups excluding carboxylic acids is 1. The van der Waals surface area contributed by atoms with Gasteiger partial charge in [-0.15, -0.1) is 0 Å². The van der Waals surface area contributed by atoms with Crippen LogP contribution in [0.2, 0.25) is 0 Å². The van der Waals surface area contributed by atoms with Gasteiger partial charge in [-0.25, -0.2) is 0 Å². The van der Waals surface area contributed by atoms with Crippen LogP contribution in [0, 0.1) is 6.92 Å². The van der Waals surface area contributed by atoms with Crippen molar-refractivity contribution < 1.29 is 9.53 Å². The van der Waals surface area contributed by atoms with Crippen LogP contribution in [0.15, 0.2) is 0 Å². The normalized spacial score (nSPS) is 9.86. The second-order valence-corrected chi connectivity index (χ2v) is 4.38. The molecule has 78 valence electrons. The molecular formula is C8H13N3O2Se. The molecule has 0 aliphatic carbocycles. The van der Waals surface area contributed by atoms with Gasteiger partial charge in [-0.1, -0.05) is 0 Å². The van der Waals surface area contributed by atoms with Crippen molar-refractivity contribution in [3.05, 3.63) is 5.69 Å². The number of amides is 1. The van der Waals surface area contributed by atoms with E-state index in [9.17, 15) is 4.79 Å². The van der Waals surface area contributed by atoms with Crippen LogP contribution >= 0.6 is 0 Å². The molecule has 0 spiro atoms. The Hall–Kier alpha value is -0.871. The van der Waals surface area contributed by atoms with Crippen molar-refractivity contribution in [2.24, 2.45) is 0 Å². The average molecular weight is 262 g/mol. The third kappa shape index (κ3) is 3.47. The molecule has 1 aromatic rings. The minimum atomic E-state index is -0.401. The van der Waals surface area contributed by atoms with Crippen LogP contribution in [0.1, 0.15) is 25.5 Å². The number of anilines is 1. The van der Waals surface area contributed by atoms with E-state index >= 15 is 0 Å². The molecule has 1 N–H and O–H groups in total. The van der Waals surface area contributed by atoms with Crippen LogP contribution in [0.3, 0.4) is 0 Å². The molecule has 0 radical (unpaired) electrons. The van der Waals surface area contributed by atoms with Crippen LogP contribution in [-0.2, 0) is 4.74 Å². The predicted molar refractivity (Wildman–Crippen MR) is 53.6 cm³/mol. The van der Waals surface area contributed by atoms with Crippen LogP contribution in [-0.4, -0.2) is 36.6 Å². The Morgan fingerprint density at radius 1 is 1.64 bits per heavy atom. The summed E-state index contributed by atoms with van der Waals surface area (Å²) in [6, 6.07) is 0. The van der Waals surface area contributed by atoms with Crippen molar-refractivity contribution >= 4 is 25.4 Å². The number of nitrogens with one attached hydrogen (secondary N) is 1. The maximum absolute atomic E-state index is 11.2. The molecule has 1 rings (SSSR count). The van der Waals surface area contributed by atoms with Gasteiger partial charge < -0.3 is 0 Å². The number of hydrogen-bond acceptors (Lipinski definition) is 4. The van der Waals surface area contributed by atoms with Crippen molar-refractivity contribution in [2.45, 2.75) is 26.7 Å². The summed E-state index contributed by atoms with van der Waals surface area (Å²) in [6.45, 7) is 4.33. The van der Waals surface area contributed by atoms with Gasteiger partial charge in [-0.05, 0) is 0 Å². The molecule has 0 fully saturated rings. The molecule has 6 heteroatoms. The van der Waals surface area contributed by atoms with E-state index in [2.05, 4.69) is 14.5 Å². The summed E-state index contributed by atoms with van der Waals surface area (Å²) in [5.41, 5.74) is 0.775. The van der Waals surface area contributed by atoms with Gasteiger partial charge in [0.2, 0.25) is 0 Å². The molecule has 1 heterocycles. The zero-order valence-electron chi connectivity index (χ0n) is 8.24. The summed E-state index contributed by atoms with van der Waals surface area (Å²) < 4.78 is 9.56. The summed E-state index contributed by atoms with van der Waals surface area (Å²) >= 11 is -0.0894. The Labute approximate surface area is 88.8 Å². The predicted octanol–water partition coefficient (Wildman–Crippen LogP) is 1.19. The van der Waals surface area contributed by atoms with Crippen molar-refractivity contribution in [3.8, 4) is 0 Å². The van der Waals surface area contributed by atoms with Gasteiger partial charge in [0.05, 0.1) is 0 Å². The van der Waals surface area contributed by atoms with Crippen LogP contribution in [0.4, 0.5) is 9.36 Å². The molecule has 1 aromatic heterocycles. The molecule has 0 aliphatic heterocycles. The average Bonchev–Trinajstić information content (AvgIpc) is 2.52. The van der Waals surface area contributed by atoms with E-state index < -0.39 is 6.09 Å². The number of ether oxygens (including phenoxy) is 1. The van der Waals surface area contributed by atoms with Crippen LogP contribution in [0.5, 0.6) is 0 Å². The monoisotopic (exact) mass is 263 g/mol. The summed E-state index contributed by atoms with van der Waals surface area (Å²) in [4.78, 5) is 11.2. The first-order valence-electron chi connectivity index (χ1n) is 4.46. The van der Waals surface area contributed by atoms with E-state index in [1.807, 2.05) is 13.8 Å². The SMILES string of the molecule is CCCCOC(=O)Nc1[se]nnc1C. The number of nitrogens with zero attached hydrogens (tertiary/aromatic N) is 2. The number of unbranched alkanes of at least 4 members (excludes halogenated alkanes) is 1. The second kappa shape index (κ2) is 5.77. The van der Waals surface area contributed by atoms with Crippen molar-refractivity contribution in [3.63, 3.8) is 0 Å². The van der Waals surface area contributed by atoms with E-state index in [-0.39, 0.29) is 14.7 Å². The molecule has 14 heavy (non-hydrogen) atoms. The van der Waals surface area contributed by atoms with Crippen molar-refractivity contribution in [2.75, 3.05) is 11.9 Å². The molecule has 5 nitrogen and oxygen atoms in total. The first kappa shape index (κ1) is 11.2. The number of carbonyl (C=O) groups is 1. The topological polar surface area (TPSA) is 64.1 Å². The Bertz CT molecular complexity index is 301. The van der Waals surface area contributed by atoms with Crippen molar-refractivity contribution in [1.29, 1.82) is 0 Å². The quantitative estimate of drug-likeness (QED) is 0.654. The fourth-order valence-corrected chi connectivity index (χ4v) is 1.93. The Morgan fingerprint density at radius 3 is 3.00 bits per heavy atom. The van der Waals surface area contributed by atoms with Crippen LogP contribution < -0.4 is 5.32 Å². The first-order chi connectivity index (χ1) is 6.74. The van der Waals surface area contributed by atoms with Crippen LogP contribution in [0.25, 0.3) is 0 Å². The summed E-state index contributed by atoms with van der Waals surface area (Å²) in [6.07, 6.45) is 1.51.